The molecule has 0 aliphatic carbocycles. The molecule has 0 aliphatic heterocycles. The second-order valence-corrected chi connectivity index (χ2v) is 3.89. The summed E-state index contributed by atoms with van der Waals surface area (Å²) in [5, 5.41) is 9.73. The van der Waals surface area contributed by atoms with Crippen molar-refractivity contribution in [3.05, 3.63) is 27.6 Å². The molecule has 0 bridgehead atoms. The van der Waals surface area contributed by atoms with Crippen LogP contribution in [0.3, 0.4) is 0 Å². The normalized spacial score (nSPS) is 10.7. The smallest absolute Gasteiger partial charge is 0.352 e. The number of nitrogens with one attached hydrogen (secondary N) is 1. The lowest BCUT2D eigenvalue weighted by Crippen LogP contribution is -1.94. The zero-order chi connectivity index (χ0) is 10.3. The van der Waals surface area contributed by atoms with Crippen molar-refractivity contribution in [3.8, 4) is 0 Å². The second-order valence-electron chi connectivity index (χ2n) is 2.67. The minimum absolute atomic E-state index is 0.0931. The molecule has 2 heterocycles. The average Bonchev–Trinajstić information content (AvgIpc) is 2.57. The molecule has 2 aromatic heterocycles. The number of carbonyl (C=O) groups is 1. The summed E-state index contributed by atoms with van der Waals surface area (Å²) in [7, 11) is 0. The Morgan fingerprint density at radius 2 is 2.36 bits per heavy atom. The molecule has 0 amide bonds. The summed E-state index contributed by atoms with van der Waals surface area (Å²) in [4.78, 5) is 17.2. The molecule has 2 N–H and O–H groups in total. The predicted octanol–water partition coefficient (Wildman–Crippen LogP) is 2.68. The van der Waals surface area contributed by atoms with Crippen LogP contribution in [0.4, 0.5) is 0 Å². The highest BCUT2D eigenvalue weighted by Crippen LogP contribution is 2.28. The van der Waals surface area contributed by atoms with E-state index in [9.17, 15) is 4.79 Å². The fourth-order valence-electron chi connectivity index (χ4n) is 1.17. The van der Waals surface area contributed by atoms with Crippen molar-refractivity contribution in [1.29, 1.82) is 0 Å². The van der Waals surface area contributed by atoms with Crippen molar-refractivity contribution in [3.63, 3.8) is 0 Å². The van der Waals surface area contributed by atoms with Crippen LogP contribution in [0.25, 0.3) is 10.9 Å². The molecule has 0 spiro atoms. The summed E-state index contributed by atoms with van der Waals surface area (Å²) < 4.78 is 0.709. The maximum absolute atomic E-state index is 10.7. The zero-order valence-corrected chi connectivity index (χ0v) is 9.06. The van der Waals surface area contributed by atoms with Crippen LogP contribution < -0.4 is 0 Å². The molecule has 0 saturated heterocycles. The second kappa shape index (κ2) is 3.25. The van der Waals surface area contributed by atoms with Gasteiger partial charge in [0.05, 0.1) is 5.52 Å². The minimum atomic E-state index is -1.02. The first-order valence-electron chi connectivity index (χ1n) is 3.65. The Labute approximate surface area is 92.0 Å². The van der Waals surface area contributed by atoms with Gasteiger partial charge < -0.3 is 10.1 Å². The van der Waals surface area contributed by atoms with E-state index >= 15 is 0 Å². The van der Waals surface area contributed by atoms with Gasteiger partial charge in [-0.05, 0) is 22.0 Å². The van der Waals surface area contributed by atoms with Crippen molar-refractivity contribution in [2.24, 2.45) is 0 Å². The Bertz CT molecular complexity index is 484. The monoisotopic (exact) mass is 274 g/mol. The highest BCUT2D eigenvalue weighted by Gasteiger charge is 2.12. The van der Waals surface area contributed by atoms with Gasteiger partial charge in [-0.25, -0.2) is 9.78 Å². The third kappa shape index (κ3) is 1.38. The van der Waals surface area contributed by atoms with Gasteiger partial charge in [-0.2, -0.15) is 0 Å². The van der Waals surface area contributed by atoms with E-state index < -0.39 is 5.97 Å². The SMILES string of the molecule is O=C(O)c1cc2c(Br)cnc(Cl)c2[nH]1. The predicted molar refractivity (Wildman–Crippen MR) is 55.8 cm³/mol. The number of carboxylic acid groups (broad SMARTS) is 1. The number of pyridine rings is 1. The van der Waals surface area contributed by atoms with E-state index in [-0.39, 0.29) is 10.8 Å². The number of rotatable bonds is 1. The molecule has 6 heteroatoms. The molecule has 0 fully saturated rings. The summed E-state index contributed by atoms with van der Waals surface area (Å²) in [5.41, 5.74) is 0.619. The average molecular weight is 275 g/mol. The third-order valence-corrected chi connectivity index (χ3v) is 2.72. The van der Waals surface area contributed by atoms with Gasteiger partial charge in [0.2, 0.25) is 0 Å². The van der Waals surface area contributed by atoms with Crippen LogP contribution in [0.1, 0.15) is 10.5 Å². The zero-order valence-electron chi connectivity index (χ0n) is 6.71. The maximum Gasteiger partial charge on any atom is 0.352 e. The number of aromatic carboxylic acids is 1. The van der Waals surface area contributed by atoms with Crippen LogP contribution >= 0.6 is 27.5 Å². The van der Waals surface area contributed by atoms with Gasteiger partial charge in [0.15, 0.2) is 5.15 Å². The highest BCUT2D eigenvalue weighted by atomic mass is 79.9. The van der Waals surface area contributed by atoms with Crippen LogP contribution in [0.5, 0.6) is 0 Å². The third-order valence-electron chi connectivity index (χ3n) is 1.80. The molecule has 0 radical (unpaired) electrons. The van der Waals surface area contributed by atoms with Gasteiger partial charge in [-0.1, -0.05) is 11.6 Å². The number of H-pyrrole nitrogens is 1. The molecule has 0 aromatic carbocycles. The summed E-state index contributed by atoms with van der Waals surface area (Å²) in [5.74, 6) is -1.02. The van der Waals surface area contributed by atoms with E-state index in [1.807, 2.05) is 0 Å². The lowest BCUT2D eigenvalue weighted by atomic mass is 10.3. The van der Waals surface area contributed by atoms with Crippen molar-refractivity contribution in [1.82, 2.24) is 9.97 Å². The Kier molecular flexibility index (Phi) is 2.20. The van der Waals surface area contributed by atoms with Crippen molar-refractivity contribution in [2.45, 2.75) is 0 Å². The van der Waals surface area contributed by atoms with E-state index in [1.165, 1.54) is 12.3 Å². The highest BCUT2D eigenvalue weighted by molar-refractivity contribution is 9.10. The molecular formula is C8H4BrClN2O2. The first-order valence-corrected chi connectivity index (χ1v) is 4.82. The van der Waals surface area contributed by atoms with Crippen molar-refractivity contribution >= 4 is 44.4 Å². The van der Waals surface area contributed by atoms with Gasteiger partial charge in [0.1, 0.15) is 5.69 Å². The molecule has 14 heavy (non-hydrogen) atoms. The summed E-state index contributed by atoms with van der Waals surface area (Å²) in [6.07, 6.45) is 1.53. The summed E-state index contributed by atoms with van der Waals surface area (Å²) in [6.45, 7) is 0. The summed E-state index contributed by atoms with van der Waals surface area (Å²) in [6, 6.07) is 1.51. The standard InChI is InChI=1S/C8H4BrClN2O2/c9-4-2-11-7(10)6-3(4)1-5(12-6)8(13)14/h1-2,12H,(H,13,14). The molecule has 0 atom stereocenters. The Morgan fingerprint density at radius 3 is 2.93 bits per heavy atom. The Morgan fingerprint density at radius 1 is 1.64 bits per heavy atom. The van der Waals surface area contributed by atoms with E-state index in [1.54, 1.807) is 0 Å². The largest absolute Gasteiger partial charge is 0.477 e. The number of hydrogen-bond acceptors (Lipinski definition) is 2. The van der Waals surface area contributed by atoms with Crippen LogP contribution in [-0.4, -0.2) is 21.0 Å². The molecule has 4 nitrogen and oxygen atoms in total. The molecule has 0 saturated carbocycles. The number of fused-ring (bicyclic) bond motifs is 1. The number of aromatic amines is 1. The van der Waals surface area contributed by atoms with Gasteiger partial charge in [0.25, 0.3) is 0 Å². The van der Waals surface area contributed by atoms with Crippen LogP contribution in [0, 0.1) is 0 Å². The van der Waals surface area contributed by atoms with Gasteiger partial charge in [-0.3, -0.25) is 0 Å². The van der Waals surface area contributed by atoms with E-state index in [0.717, 1.165) is 0 Å². The Balaban J connectivity index is 2.82. The van der Waals surface area contributed by atoms with Gasteiger partial charge >= 0.3 is 5.97 Å². The van der Waals surface area contributed by atoms with Crippen molar-refractivity contribution < 1.29 is 9.90 Å². The Hall–Kier alpha value is -1.07. The topological polar surface area (TPSA) is 66.0 Å². The minimum Gasteiger partial charge on any atom is -0.477 e. The molecular weight excluding hydrogens is 271 g/mol. The van der Waals surface area contributed by atoms with Gasteiger partial charge in [0, 0.05) is 16.1 Å². The lowest BCUT2D eigenvalue weighted by Gasteiger charge is -1.94. The maximum atomic E-state index is 10.7. The number of hydrogen-bond donors (Lipinski definition) is 2. The molecule has 2 rings (SSSR count). The number of carboxylic acids is 1. The number of aromatic nitrogens is 2. The molecule has 0 aliphatic rings. The number of halogens is 2. The fraction of sp³-hybridized carbons (Fsp3) is 0. The van der Waals surface area contributed by atoms with Crippen LogP contribution in [0.15, 0.2) is 16.7 Å². The molecule has 2 aromatic rings. The quantitative estimate of drug-likeness (QED) is 0.786. The summed E-state index contributed by atoms with van der Waals surface area (Å²) >= 11 is 9.05. The molecule has 0 unspecified atom stereocenters. The van der Waals surface area contributed by atoms with Crippen LogP contribution in [-0.2, 0) is 0 Å². The lowest BCUT2D eigenvalue weighted by molar-refractivity contribution is 0.0691. The van der Waals surface area contributed by atoms with Crippen LogP contribution in [0.2, 0.25) is 5.15 Å². The van der Waals surface area contributed by atoms with E-state index in [2.05, 4.69) is 25.9 Å². The first kappa shape index (κ1) is 9.48. The number of nitrogens with zero attached hydrogens (tertiary/aromatic N) is 1. The van der Waals surface area contributed by atoms with Crippen molar-refractivity contribution in [2.75, 3.05) is 0 Å². The van der Waals surface area contributed by atoms with Gasteiger partial charge in [-0.15, -0.1) is 0 Å². The first-order chi connectivity index (χ1) is 6.59. The fourth-order valence-corrected chi connectivity index (χ4v) is 1.78. The molecule has 72 valence electrons. The van der Waals surface area contributed by atoms with E-state index in [4.69, 9.17) is 16.7 Å². The van der Waals surface area contributed by atoms with E-state index in [0.29, 0.717) is 15.4 Å².